The maximum Gasteiger partial charge on any atom is 0.338 e. The van der Waals surface area contributed by atoms with Crippen molar-refractivity contribution < 1.29 is 0 Å². The molecule has 0 saturated carbocycles. The van der Waals surface area contributed by atoms with Crippen LogP contribution in [0.25, 0.3) is 33.5 Å². The van der Waals surface area contributed by atoms with Gasteiger partial charge in [0.15, 0.2) is 0 Å². The zero-order valence-electron chi connectivity index (χ0n) is 15.5. The maximum atomic E-state index is 13.4. The molecule has 29 heavy (non-hydrogen) atoms. The molecule has 5 aromatic rings. The molecule has 0 aliphatic heterocycles. The molecule has 0 saturated heterocycles. The number of nitrogens with zero attached hydrogens (tertiary/aromatic N) is 2. The van der Waals surface area contributed by atoms with Crippen molar-refractivity contribution in [1.29, 1.82) is 0 Å². The van der Waals surface area contributed by atoms with Crippen LogP contribution >= 0.6 is 15.9 Å². The summed E-state index contributed by atoms with van der Waals surface area (Å²) in [5.74, 6) is 0. The number of aromatic nitrogens is 2. The highest BCUT2D eigenvalue weighted by Gasteiger charge is 2.15. The molecule has 0 N–H and O–H groups in total. The number of hydrogen-bond donors (Lipinski definition) is 0. The number of halogens is 1. The van der Waals surface area contributed by atoms with Crippen molar-refractivity contribution in [3.8, 4) is 22.5 Å². The minimum absolute atomic E-state index is 0.0824. The Bertz CT molecular complexity index is 1350. The van der Waals surface area contributed by atoms with E-state index in [0.717, 1.165) is 38.0 Å². The monoisotopic (exact) mass is 440 g/mol. The van der Waals surface area contributed by atoms with E-state index in [0.29, 0.717) is 0 Å². The molecule has 0 bridgehead atoms. The zero-order valence-corrected chi connectivity index (χ0v) is 17.1. The lowest BCUT2D eigenvalue weighted by atomic mass is 10.1. The number of fused-ring (bicyclic) bond motifs is 1. The summed E-state index contributed by atoms with van der Waals surface area (Å²) in [6, 6.07) is 34.0. The minimum atomic E-state index is -0.0824. The standard InChI is InChI=1S/C25H17BrN2O/c26-20-12-16-22(17-13-20)28-24-9-5-4-8-23(24)27(25(28)29)21-14-10-19(11-15-21)18-6-2-1-3-7-18/h1-17H. The van der Waals surface area contributed by atoms with Crippen LogP contribution in [0.4, 0.5) is 0 Å². The summed E-state index contributed by atoms with van der Waals surface area (Å²) in [6.45, 7) is 0. The van der Waals surface area contributed by atoms with Crippen LogP contribution in [0.1, 0.15) is 0 Å². The molecule has 0 amide bonds. The van der Waals surface area contributed by atoms with Crippen LogP contribution in [0, 0.1) is 0 Å². The molecule has 5 rings (SSSR count). The Morgan fingerprint density at radius 3 is 1.52 bits per heavy atom. The van der Waals surface area contributed by atoms with Crippen molar-refractivity contribution >= 4 is 27.0 Å². The molecule has 0 atom stereocenters. The van der Waals surface area contributed by atoms with Gasteiger partial charge >= 0.3 is 5.69 Å². The van der Waals surface area contributed by atoms with E-state index >= 15 is 0 Å². The lowest BCUT2D eigenvalue weighted by Gasteiger charge is -2.06. The fourth-order valence-electron chi connectivity index (χ4n) is 3.67. The van der Waals surface area contributed by atoms with Crippen LogP contribution in [-0.2, 0) is 0 Å². The van der Waals surface area contributed by atoms with Crippen LogP contribution in [0.3, 0.4) is 0 Å². The van der Waals surface area contributed by atoms with Crippen molar-refractivity contribution in [2.75, 3.05) is 0 Å². The number of hydrogen-bond acceptors (Lipinski definition) is 1. The summed E-state index contributed by atoms with van der Waals surface area (Å²) in [6.07, 6.45) is 0. The minimum Gasteiger partial charge on any atom is -0.260 e. The van der Waals surface area contributed by atoms with Crippen molar-refractivity contribution in [2.45, 2.75) is 0 Å². The van der Waals surface area contributed by atoms with Crippen LogP contribution in [0.15, 0.2) is 112 Å². The highest BCUT2D eigenvalue weighted by Crippen LogP contribution is 2.24. The molecule has 0 aliphatic rings. The predicted octanol–water partition coefficient (Wildman–Crippen LogP) is 6.21. The van der Waals surface area contributed by atoms with Gasteiger partial charge in [-0.25, -0.2) is 4.79 Å². The van der Waals surface area contributed by atoms with E-state index in [2.05, 4.69) is 40.2 Å². The molecule has 4 heteroatoms. The second-order valence-electron chi connectivity index (χ2n) is 6.83. The predicted molar refractivity (Wildman–Crippen MR) is 122 cm³/mol. The molecular formula is C25H17BrN2O. The highest BCUT2D eigenvalue weighted by molar-refractivity contribution is 9.10. The first-order valence-electron chi connectivity index (χ1n) is 9.37. The molecule has 0 unspecified atom stereocenters. The van der Waals surface area contributed by atoms with E-state index in [1.54, 1.807) is 9.13 Å². The first kappa shape index (κ1) is 17.7. The Morgan fingerprint density at radius 2 is 0.966 bits per heavy atom. The molecule has 1 heterocycles. The first-order chi connectivity index (χ1) is 14.2. The average Bonchev–Trinajstić information content (AvgIpc) is 3.07. The molecule has 0 radical (unpaired) electrons. The van der Waals surface area contributed by atoms with Crippen molar-refractivity contribution in [3.63, 3.8) is 0 Å². The Hall–Kier alpha value is -3.37. The van der Waals surface area contributed by atoms with E-state index in [1.165, 1.54) is 0 Å². The zero-order chi connectivity index (χ0) is 19.8. The van der Waals surface area contributed by atoms with Crippen LogP contribution in [-0.4, -0.2) is 9.13 Å². The Labute approximate surface area is 176 Å². The van der Waals surface area contributed by atoms with Gasteiger partial charge in [0.1, 0.15) is 0 Å². The number of imidazole rings is 1. The fraction of sp³-hybridized carbons (Fsp3) is 0. The molecule has 0 aliphatic carbocycles. The summed E-state index contributed by atoms with van der Waals surface area (Å²) in [5.41, 5.74) is 5.65. The van der Waals surface area contributed by atoms with E-state index in [1.807, 2.05) is 78.9 Å². The number of rotatable bonds is 3. The third-order valence-corrected chi connectivity index (χ3v) is 5.59. The van der Waals surface area contributed by atoms with Crippen LogP contribution in [0.2, 0.25) is 0 Å². The van der Waals surface area contributed by atoms with Gasteiger partial charge in [0.05, 0.1) is 22.4 Å². The molecule has 140 valence electrons. The largest absolute Gasteiger partial charge is 0.338 e. The Morgan fingerprint density at radius 1 is 0.517 bits per heavy atom. The second-order valence-corrected chi connectivity index (χ2v) is 7.75. The first-order valence-corrected chi connectivity index (χ1v) is 10.2. The second kappa shape index (κ2) is 7.22. The van der Waals surface area contributed by atoms with Crippen LogP contribution in [0.5, 0.6) is 0 Å². The number of para-hydroxylation sites is 2. The summed E-state index contributed by atoms with van der Waals surface area (Å²) < 4.78 is 4.51. The SMILES string of the molecule is O=c1n(-c2ccc(Br)cc2)c2ccccc2n1-c1ccc(-c2ccccc2)cc1. The third kappa shape index (κ3) is 3.12. The smallest absolute Gasteiger partial charge is 0.260 e. The lowest BCUT2D eigenvalue weighted by molar-refractivity contribution is 0.930. The van der Waals surface area contributed by atoms with E-state index in [9.17, 15) is 4.79 Å². The fourth-order valence-corrected chi connectivity index (χ4v) is 3.94. The third-order valence-electron chi connectivity index (χ3n) is 5.06. The Kier molecular flexibility index (Phi) is 4.41. The van der Waals surface area contributed by atoms with E-state index in [-0.39, 0.29) is 5.69 Å². The molecule has 0 fully saturated rings. The van der Waals surface area contributed by atoms with Gasteiger partial charge in [0.2, 0.25) is 0 Å². The van der Waals surface area contributed by atoms with Crippen molar-refractivity contribution in [3.05, 3.63) is 118 Å². The molecule has 0 spiro atoms. The quantitative estimate of drug-likeness (QED) is 0.327. The normalized spacial score (nSPS) is 11.1. The van der Waals surface area contributed by atoms with Gasteiger partial charge in [0.25, 0.3) is 0 Å². The average molecular weight is 441 g/mol. The molecule has 4 aromatic carbocycles. The maximum absolute atomic E-state index is 13.4. The van der Waals surface area contributed by atoms with Gasteiger partial charge in [-0.05, 0) is 59.7 Å². The van der Waals surface area contributed by atoms with Gasteiger partial charge in [0, 0.05) is 4.47 Å². The van der Waals surface area contributed by atoms with Gasteiger partial charge in [-0.3, -0.25) is 9.13 Å². The molecule has 1 aromatic heterocycles. The van der Waals surface area contributed by atoms with Crippen molar-refractivity contribution in [2.24, 2.45) is 0 Å². The van der Waals surface area contributed by atoms with Gasteiger partial charge in [-0.2, -0.15) is 0 Å². The lowest BCUT2D eigenvalue weighted by Crippen LogP contribution is -2.22. The van der Waals surface area contributed by atoms with Gasteiger partial charge < -0.3 is 0 Å². The summed E-state index contributed by atoms with van der Waals surface area (Å²) in [7, 11) is 0. The number of benzene rings is 4. The topological polar surface area (TPSA) is 26.9 Å². The molecule has 3 nitrogen and oxygen atoms in total. The van der Waals surface area contributed by atoms with Crippen molar-refractivity contribution in [1.82, 2.24) is 9.13 Å². The van der Waals surface area contributed by atoms with Crippen LogP contribution < -0.4 is 5.69 Å². The highest BCUT2D eigenvalue weighted by atomic mass is 79.9. The van der Waals surface area contributed by atoms with E-state index in [4.69, 9.17) is 0 Å². The van der Waals surface area contributed by atoms with Gasteiger partial charge in [-0.1, -0.05) is 70.5 Å². The molecular weight excluding hydrogens is 424 g/mol. The Balaban J connectivity index is 1.69. The summed E-state index contributed by atoms with van der Waals surface area (Å²) >= 11 is 3.46. The van der Waals surface area contributed by atoms with E-state index < -0.39 is 0 Å². The van der Waals surface area contributed by atoms with Gasteiger partial charge in [-0.15, -0.1) is 0 Å². The summed E-state index contributed by atoms with van der Waals surface area (Å²) in [4.78, 5) is 13.4. The summed E-state index contributed by atoms with van der Waals surface area (Å²) in [5, 5.41) is 0.